The fourth-order valence-corrected chi connectivity index (χ4v) is 1.74. The van der Waals surface area contributed by atoms with Gasteiger partial charge in [-0.15, -0.1) is 0 Å². The number of carbonyl (C=O) groups is 2. The van der Waals surface area contributed by atoms with Gasteiger partial charge in [0.25, 0.3) is 5.91 Å². The highest BCUT2D eigenvalue weighted by atomic mass is 16.5. The number of benzene rings is 1. The first-order valence-corrected chi connectivity index (χ1v) is 7.44. The molecular formula is C17H26N2O3. The average Bonchev–Trinajstić information content (AvgIpc) is 2.41. The van der Waals surface area contributed by atoms with Gasteiger partial charge in [0.1, 0.15) is 5.75 Å². The zero-order valence-corrected chi connectivity index (χ0v) is 14.2. The summed E-state index contributed by atoms with van der Waals surface area (Å²) in [6.07, 6.45) is 0. The Bertz CT molecular complexity index is 545. The van der Waals surface area contributed by atoms with Crippen LogP contribution in [-0.4, -0.2) is 18.4 Å². The Kier molecular flexibility index (Phi) is 5.97. The number of hydrogen-bond acceptors (Lipinski definition) is 3. The van der Waals surface area contributed by atoms with E-state index < -0.39 is 11.3 Å². The lowest BCUT2D eigenvalue weighted by atomic mass is 9.96. The van der Waals surface area contributed by atoms with Crippen molar-refractivity contribution in [1.29, 1.82) is 0 Å². The van der Waals surface area contributed by atoms with E-state index in [0.29, 0.717) is 11.7 Å². The van der Waals surface area contributed by atoms with E-state index in [1.54, 1.807) is 20.8 Å². The second-order valence-electron chi connectivity index (χ2n) is 6.74. The molecule has 5 heteroatoms. The number of rotatable bonds is 4. The SMILES string of the molecule is Cc1ccc(C(C)C)c(OCC(=O)NNC(=O)C(C)(C)C)c1. The van der Waals surface area contributed by atoms with Gasteiger partial charge < -0.3 is 4.74 Å². The van der Waals surface area contributed by atoms with Crippen LogP contribution in [-0.2, 0) is 9.59 Å². The van der Waals surface area contributed by atoms with Gasteiger partial charge in [-0.05, 0) is 30.0 Å². The third-order valence-corrected chi connectivity index (χ3v) is 3.15. The molecule has 0 aliphatic rings. The highest BCUT2D eigenvalue weighted by molar-refractivity contribution is 5.85. The van der Waals surface area contributed by atoms with Gasteiger partial charge in [0.05, 0.1) is 0 Å². The lowest BCUT2D eigenvalue weighted by Crippen LogP contribution is -2.48. The summed E-state index contributed by atoms with van der Waals surface area (Å²) in [5.74, 6) is 0.361. The third-order valence-electron chi connectivity index (χ3n) is 3.15. The van der Waals surface area contributed by atoms with Crippen LogP contribution in [0.15, 0.2) is 18.2 Å². The van der Waals surface area contributed by atoms with E-state index in [4.69, 9.17) is 4.74 Å². The molecule has 0 radical (unpaired) electrons. The number of amides is 2. The quantitative estimate of drug-likeness (QED) is 0.840. The Hall–Kier alpha value is -2.04. The van der Waals surface area contributed by atoms with Crippen molar-refractivity contribution in [3.05, 3.63) is 29.3 Å². The van der Waals surface area contributed by atoms with E-state index in [1.165, 1.54) is 0 Å². The molecule has 0 aromatic heterocycles. The minimum atomic E-state index is -0.560. The molecule has 1 aromatic rings. The molecule has 2 N–H and O–H groups in total. The topological polar surface area (TPSA) is 67.4 Å². The monoisotopic (exact) mass is 306 g/mol. The molecule has 122 valence electrons. The van der Waals surface area contributed by atoms with Crippen molar-refractivity contribution in [2.24, 2.45) is 5.41 Å². The molecule has 5 nitrogen and oxygen atoms in total. The van der Waals surface area contributed by atoms with Crippen LogP contribution in [0, 0.1) is 12.3 Å². The van der Waals surface area contributed by atoms with E-state index in [9.17, 15) is 9.59 Å². The number of ether oxygens (including phenoxy) is 1. The molecule has 1 rings (SSSR count). The first kappa shape index (κ1) is 18.0. The summed E-state index contributed by atoms with van der Waals surface area (Å²) in [6.45, 7) is 11.3. The van der Waals surface area contributed by atoms with Crippen LogP contribution in [0.2, 0.25) is 0 Å². The van der Waals surface area contributed by atoms with Crippen LogP contribution >= 0.6 is 0 Å². The predicted octanol–water partition coefficient (Wildman–Crippen LogP) is 2.69. The molecule has 0 saturated carbocycles. The fourth-order valence-electron chi connectivity index (χ4n) is 1.74. The number of aryl methyl sites for hydroxylation is 1. The van der Waals surface area contributed by atoms with Crippen LogP contribution < -0.4 is 15.6 Å². The van der Waals surface area contributed by atoms with Crippen molar-refractivity contribution in [2.45, 2.75) is 47.5 Å². The van der Waals surface area contributed by atoms with Gasteiger partial charge in [-0.2, -0.15) is 0 Å². The van der Waals surface area contributed by atoms with Gasteiger partial charge in [-0.3, -0.25) is 20.4 Å². The minimum Gasteiger partial charge on any atom is -0.483 e. The highest BCUT2D eigenvalue weighted by Gasteiger charge is 2.21. The fraction of sp³-hybridized carbons (Fsp3) is 0.529. The summed E-state index contributed by atoms with van der Waals surface area (Å²) in [5, 5.41) is 0. The lowest BCUT2D eigenvalue weighted by molar-refractivity contribution is -0.134. The molecule has 0 aliphatic carbocycles. The van der Waals surface area contributed by atoms with Crippen LogP contribution in [0.25, 0.3) is 0 Å². The molecule has 1 aromatic carbocycles. The number of hydrogen-bond donors (Lipinski definition) is 2. The maximum atomic E-state index is 11.8. The third kappa shape index (κ3) is 5.39. The van der Waals surface area contributed by atoms with E-state index in [-0.39, 0.29) is 12.5 Å². The largest absolute Gasteiger partial charge is 0.483 e. The van der Waals surface area contributed by atoms with Gasteiger partial charge in [0.2, 0.25) is 5.91 Å². The highest BCUT2D eigenvalue weighted by Crippen LogP contribution is 2.27. The summed E-state index contributed by atoms with van der Waals surface area (Å²) in [7, 11) is 0. The van der Waals surface area contributed by atoms with Gasteiger partial charge in [0, 0.05) is 5.41 Å². The Morgan fingerprint density at radius 2 is 1.82 bits per heavy atom. The van der Waals surface area contributed by atoms with Gasteiger partial charge in [-0.25, -0.2) is 0 Å². The molecule has 0 unspecified atom stereocenters. The van der Waals surface area contributed by atoms with E-state index >= 15 is 0 Å². The summed E-state index contributed by atoms with van der Waals surface area (Å²) < 4.78 is 5.60. The van der Waals surface area contributed by atoms with Crippen molar-refractivity contribution >= 4 is 11.8 Å². The summed E-state index contributed by atoms with van der Waals surface area (Å²) in [5.41, 5.74) is 6.31. The Morgan fingerprint density at radius 3 is 2.36 bits per heavy atom. The molecule has 0 saturated heterocycles. The summed E-state index contributed by atoms with van der Waals surface area (Å²) in [4.78, 5) is 23.4. The molecule has 0 fully saturated rings. The van der Waals surface area contributed by atoms with Crippen molar-refractivity contribution in [2.75, 3.05) is 6.61 Å². The van der Waals surface area contributed by atoms with Gasteiger partial charge >= 0.3 is 0 Å². The molecule has 2 amide bonds. The molecule has 0 heterocycles. The van der Waals surface area contributed by atoms with E-state index in [2.05, 4.69) is 24.7 Å². The van der Waals surface area contributed by atoms with Crippen LogP contribution in [0.1, 0.15) is 51.7 Å². The summed E-state index contributed by atoms with van der Waals surface area (Å²) in [6, 6.07) is 5.94. The van der Waals surface area contributed by atoms with Crippen molar-refractivity contribution in [1.82, 2.24) is 10.9 Å². The molecule has 0 spiro atoms. The second-order valence-corrected chi connectivity index (χ2v) is 6.74. The van der Waals surface area contributed by atoms with Crippen LogP contribution in [0.4, 0.5) is 0 Å². The van der Waals surface area contributed by atoms with Gasteiger partial charge in [0.15, 0.2) is 6.61 Å². The second kappa shape index (κ2) is 7.29. The maximum absolute atomic E-state index is 11.8. The number of carbonyl (C=O) groups excluding carboxylic acids is 2. The standard InChI is InChI=1S/C17H26N2O3/c1-11(2)13-8-7-12(3)9-14(13)22-10-15(20)18-19-16(21)17(4,5)6/h7-9,11H,10H2,1-6H3,(H,18,20)(H,19,21). The normalized spacial score (nSPS) is 11.2. The number of nitrogens with one attached hydrogen (secondary N) is 2. The average molecular weight is 306 g/mol. The van der Waals surface area contributed by atoms with Crippen LogP contribution in [0.3, 0.4) is 0 Å². The molecule has 0 bridgehead atoms. The van der Waals surface area contributed by atoms with Crippen LogP contribution in [0.5, 0.6) is 5.75 Å². The smallest absolute Gasteiger partial charge is 0.276 e. The van der Waals surface area contributed by atoms with Crippen molar-refractivity contribution in [3.63, 3.8) is 0 Å². The molecule has 0 atom stereocenters. The number of hydrazine groups is 1. The zero-order valence-electron chi connectivity index (χ0n) is 14.2. The summed E-state index contributed by atoms with van der Waals surface area (Å²) >= 11 is 0. The van der Waals surface area contributed by atoms with Crippen molar-refractivity contribution in [3.8, 4) is 5.75 Å². The molecular weight excluding hydrogens is 280 g/mol. The molecule has 0 aliphatic heterocycles. The van der Waals surface area contributed by atoms with E-state index in [1.807, 2.05) is 25.1 Å². The Labute approximate surface area is 132 Å². The Balaban J connectivity index is 2.58. The first-order chi connectivity index (χ1) is 10.1. The van der Waals surface area contributed by atoms with Gasteiger partial charge in [-0.1, -0.05) is 46.8 Å². The zero-order chi connectivity index (χ0) is 16.9. The van der Waals surface area contributed by atoms with E-state index in [0.717, 1.165) is 11.1 Å². The molecule has 22 heavy (non-hydrogen) atoms. The predicted molar refractivity (Wildman–Crippen MR) is 86.5 cm³/mol. The van der Waals surface area contributed by atoms with Crippen molar-refractivity contribution < 1.29 is 14.3 Å². The maximum Gasteiger partial charge on any atom is 0.276 e. The Morgan fingerprint density at radius 1 is 1.18 bits per heavy atom. The first-order valence-electron chi connectivity index (χ1n) is 7.44. The minimum absolute atomic E-state index is 0.145. The lowest BCUT2D eigenvalue weighted by Gasteiger charge is -2.18.